The van der Waals surface area contributed by atoms with E-state index in [2.05, 4.69) is 25.9 Å². The summed E-state index contributed by atoms with van der Waals surface area (Å²) in [5.41, 5.74) is 5.48. The molecule has 3 atom stereocenters. The number of pyridine rings is 1. The first kappa shape index (κ1) is 59.6. The monoisotopic (exact) mass is 1180 g/mol. The van der Waals surface area contributed by atoms with E-state index in [9.17, 15) is 33.5 Å². The Morgan fingerprint density at radius 1 is 0.788 bits per heavy atom. The number of hydrogen-bond donors (Lipinski definition) is 4. The summed E-state index contributed by atoms with van der Waals surface area (Å²) in [5.74, 6) is -1.86. The van der Waals surface area contributed by atoms with Crippen LogP contribution in [0.15, 0.2) is 115 Å². The topological polar surface area (TPSA) is 220 Å². The van der Waals surface area contributed by atoms with E-state index in [0.29, 0.717) is 104 Å². The molecule has 3 unspecified atom stereocenters. The zero-order valence-corrected chi connectivity index (χ0v) is 48.5. The van der Waals surface area contributed by atoms with Gasteiger partial charge >= 0.3 is 0 Å². The number of aliphatic hydroxyl groups excluding tert-OH is 1. The van der Waals surface area contributed by atoms with Gasteiger partial charge in [-0.05, 0) is 123 Å². The van der Waals surface area contributed by atoms with Crippen LogP contribution in [0.2, 0.25) is 0 Å². The summed E-state index contributed by atoms with van der Waals surface area (Å²) in [4.78, 5) is 80.9. The van der Waals surface area contributed by atoms with Gasteiger partial charge in [0.1, 0.15) is 34.8 Å². The predicted octanol–water partition coefficient (Wildman–Crippen LogP) is 10.4. The molecule has 0 bridgehead atoms. The number of hydrogen-bond acceptors (Lipinski definition) is 14. The maximum Gasteiger partial charge on any atom is 0.255 e. The number of unbranched alkanes of at least 4 members (excludes halogenated alkanes) is 2. The molecule has 2 aromatic heterocycles. The van der Waals surface area contributed by atoms with Gasteiger partial charge in [-0.1, -0.05) is 44.2 Å². The molecule has 4 N–H and O–H groups in total. The van der Waals surface area contributed by atoms with E-state index in [4.69, 9.17) is 23.7 Å². The Morgan fingerprint density at radius 2 is 1.49 bits per heavy atom. The highest BCUT2D eigenvalue weighted by molar-refractivity contribution is 7.13. The first-order valence-corrected chi connectivity index (χ1v) is 29.3. The van der Waals surface area contributed by atoms with Crippen LogP contribution in [0.1, 0.15) is 86.0 Å². The van der Waals surface area contributed by atoms with Gasteiger partial charge in [0.25, 0.3) is 5.91 Å². The number of nitrogens with zero attached hydrogens (tertiary/aromatic N) is 4. The lowest BCUT2D eigenvalue weighted by Gasteiger charge is -2.35. The van der Waals surface area contributed by atoms with Crippen molar-refractivity contribution in [1.82, 2.24) is 25.1 Å². The second-order valence-electron chi connectivity index (χ2n) is 21.8. The number of ether oxygens (including phenoxy) is 5. The number of aryl methyl sites for hydroxylation is 1. The second kappa shape index (κ2) is 26.6. The van der Waals surface area contributed by atoms with Crippen molar-refractivity contribution < 1.29 is 61.5 Å². The van der Waals surface area contributed by atoms with Gasteiger partial charge in [-0.15, -0.1) is 11.3 Å². The molecule has 10 rings (SSSR count). The third-order valence-electron chi connectivity index (χ3n) is 15.5. The minimum absolute atomic E-state index is 0.0136. The zero-order valence-electron chi connectivity index (χ0n) is 47.7. The van der Waals surface area contributed by atoms with Crippen molar-refractivity contribution in [3.8, 4) is 39.2 Å². The first-order valence-electron chi connectivity index (χ1n) is 28.4. The summed E-state index contributed by atoms with van der Waals surface area (Å²) >= 11 is 1.53. The number of amides is 5. The van der Waals surface area contributed by atoms with Crippen LogP contribution in [0.25, 0.3) is 21.3 Å². The fourth-order valence-electron chi connectivity index (χ4n) is 10.7. The summed E-state index contributed by atoms with van der Waals surface area (Å²) in [6, 6.07) is 25.7. The molecule has 0 radical (unpaired) electrons. The van der Waals surface area contributed by atoms with E-state index < -0.39 is 53.0 Å². The van der Waals surface area contributed by atoms with Crippen LogP contribution in [-0.2, 0) is 37.0 Å². The molecule has 21 heteroatoms. The fraction of sp³-hybridized carbons (Fsp3) is 0.359. The van der Waals surface area contributed by atoms with E-state index in [1.807, 2.05) is 51.1 Å². The number of β-amino-alcohol motifs (C(OH)–C–C–N with tert-alkyl or cyclic N) is 1. The van der Waals surface area contributed by atoms with E-state index in [-0.39, 0.29) is 48.7 Å². The molecular formula is C64H67F2N7O11S. The minimum atomic E-state index is -1.32. The number of aliphatic hydroxyl groups is 1. The number of benzene rings is 5. The van der Waals surface area contributed by atoms with E-state index in [1.54, 1.807) is 40.7 Å². The molecule has 2 aliphatic heterocycles. The zero-order chi connectivity index (χ0) is 59.8. The summed E-state index contributed by atoms with van der Waals surface area (Å²) in [6.07, 6.45) is 4.21. The molecular weight excluding hydrogens is 1110 g/mol. The van der Waals surface area contributed by atoms with Crippen molar-refractivity contribution >= 4 is 63.2 Å². The van der Waals surface area contributed by atoms with Gasteiger partial charge in [0, 0.05) is 85.5 Å². The molecule has 85 heavy (non-hydrogen) atoms. The number of carbonyl (C=O) groups excluding carboxylic acids is 5. The molecule has 444 valence electrons. The van der Waals surface area contributed by atoms with E-state index in [0.717, 1.165) is 46.2 Å². The van der Waals surface area contributed by atoms with Crippen molar-refractivity contribution in [2.24, 2.45) is 11.3 Å². The van der Waals surface area contributed by atoms with E-state index in [1.165, 1.54) is 65.9 Å². The van der Waals surface area contributed by atoms with Crippen LogP contribution in [0.5, 0.6) is 28.7 Å². The standard InChI is InChI=1S/C64H67F2N7O11S/c1-38(2)57(73-35-42-11-5-6-12-47(42)60(73)76)61(77)72-36-46(74)31-51(72)59(75)68-34-41-14-13-40(58-39(3)69-37-85-58)29-54(41)82-27-9-7-25-81-26-8-10-28-83-56-33-50-48(32-55(56)80-4)52(21-24-67-50)84-53-20-19-45(30-49(53)66)71-63(79)64(22-23-64)62(78)70-44-17-15-43(65)16-18-44/h5-6,11-21,24,29-30,32-33,37-38,46,51,57,74H,7-10,22-23,25-28,31,34-36H2,1-4H3,(H,68,75)(H,70,78)(H,71,79). The molecule has 18 nitrogen and oxygen atoms in total. The van der Waals surface area contributed by atoms with Crippen molar-refractivity contribution in [3.63, 3.8) is 0 Å². The number of aromatic nitrogens is 2. The number of thiazole rings is 1. The molecule has 5 amide bonds. The highest BCUT2D eigenvalue weighted by Gasteiger charge is 2.56. The molecule has 1 saturated carbocycles. The average Bonchev–Trinajstić information content (AvgIpc) is 2.58. The van der Waals surface area contributed by atoms with Crippen molar-refractivity contribution in [2.75, 3.05) is 50.7 Å². The maximum absolute atomic E-state index is 15.5. The fourth-order valence-corrected chi connectivity index (χ4v) is 11.5. The van der Waals surface area contributed by atoms with Gasteiger partial charge in [0.15, 0.2) is 23.1 Å². The number of carbonyl (C=O) groups is 5. The van der Waals surface area contributed by atoms with Gasteiger partial charge in [-0.25, -0.2) is 13.8 Å². The summed E-state index contributed by atoms with van der Waals surface area (Å²) in [7, 11) is 1.52. The van der Waals surface area contributed by atoms with Crippen LogP contribution < -0.4 is 34.9 Å². The lowest BCUT2D eigenvalue weighted by atomic mass is 10.0. The van der Waals surface area contributed by atoms with Gasteiger partial charge in [0.2, 0.25) is 23.6 Å². The Balaban J connectivity index is 0.665. The van der Waals surface area contributed by atoms with Crippen LogP contribution in [0.3, 0.4) is 0 Å². The van der Waals surface area contributed by atoms with Crippen molar-refractivity contribution in [1.29, 1.82) is 0 Å². The Labute approximate surface area is 494 Å². The molecule has 0 spiro atoms. The Kier molecular flexibility index (Phi) is 18.6. The Bertz CT molecular complexity index is 3600. The second-order valence-corrected chi connectivity index (χ2v) is 22.6. The quantitative estimate of drug-likeness (QED) is 0.0293. The van der Waals surface area contributed by atoms with Crippen LogP contribution in [0, 0.1) is 29.9 Å². The first-order chi connectivity index (χ1) is 41.1. The third kappa shape index (κ3) is 13.7. The number of rotatable bonds is 26. The number of fused-ring (bicyclic) bond motifs is 2. The molecule has 5 aromatic carbocycles. The summed E-state index contributed by atoms with van der Waals surface area (Å²) in [5, 5.41) is 19.7. The van der Waals surface area contributed by atoms with Gasteiger partial charge in [-0.2, -0.15) is 0 Å². The SMILES string of the molecule is COc1cc2c(Oc3ccc(NC(=O)C4(C(=O)Nc5ccc(F)cc5)CC4)cc3F)ccnc2cc1OCCCCOCCCCOc1cc(-c2scnc2C)ccc1CNC(=O)C1CC(O)CN1C(=O)C(C(C)C)N1Cc2ccccc2C1=O. The highest BCUT2D eigenvalue weighted by Crippen LogP contribution is 2.48. The number of likely N-dealkylation sites (tertiary alicyclic amines) is 1. The average molecular weight is 1180 g/mol. The Hall–Kier alpha value is -8.53. The molecule has 4 heterocycles. The highest BCUT2D eigenvalue weighted by atomic mass is 32.1. The van der Waals surface area contributed by atoms with Crippen LogP contribution >= 0.6 is 11.3 Å². The number of nitrogens with one attached hydrogen (secondary N) is 3. The van der Waals surface area contributed by atoms with Gasteiger partial charge in [-0.3, -0.25) is 29.0 Å². The molecule has 3 aliphatic rings. The van der Waals surface area contributed by atoms with Crippen LogP contribution in [-0.4, -0.2) is 113 Å². The number of methoxy groups -OCH3 is 1. The van der Waals surface area contributed by atoms with Crippen molar-refractivity contribution in [2.45, 2.75) is 97.0 Å². The maximum atomic E-state index is 15.5. The minimum Gasteiger partial charge on any atom is -0.493 e. The van der Waals surface area contributed by atoms with E-state index >= 15 is 4.39 Å². The largest absolute Gasteiger partial charge is 0.493 e. The summed E-state index contributed by atoms with van der Waals surface area (Å²) < 4.78 is 59.1. The molecule has 1 saturated heterocycles. The molecule has 1 aliphatic carbocycles. The normalized spacial score (nSPS) is 16.3. The number of halogens is 2. The Morgan fingerprint density at radius 3 is 2.18 bits per heavy atom. The van der Waals surface area contributed by atoms with Crippen LogP contribution in [0.4, 0.5) is 20.2 Å². The number of anilines is 2. The predicted molar refractivity (Wildman–Crippen MR) is 316 cm³/mol. The van der Waals surface area contributed by atoms with Crippen molar-refractivity contribution in [3.05, 3.63) is 149 Å². The molecule has 2 fully saturated rings. The lowest BCUT2D eigenvalue weighted by molar-refractivity contribution is -0.143. The lowest BCUT2D eigenvalue weighted by Crippen LogP contribution is -2.55. The smallest absolute Gasteiger partial charge is 0.255 e. The van der Waals surface area contributed by atoms with Gasteiger partial charge in [0.05, 0.1) is 48.0 Å². The summed E-state index contributed by atoms with van der Waals surface area (Å²) in [6.45, 7) is 7.92. The van der Waals surface area contributed by atoms with Gasteiger partial charge < -0.3 is 54.5 Å². The third-order valence-corrected chi connectivity index (χ3v) is 16.4. The molecule has 7 aromatic rings.